The molecule has 0 N–H and O–H groups in total. The Morgan fingerprint density at radius 3 is 2.34 bits per heavy atom. The highest BCUT2D eigenvalue weighted by atomic mass is 16.6. The largest absolute Gasteiger partial charge is 0.454 e. The highest BCUT2D eigenvalue weighted by molar-refractivity contribution is 5.72. The van der Waals surface area contributed by atoms with Crippen molar-refractivity contribution in [3.8, 4) is 0 Å². The van der Waals surface area contributed by atoms with Gasteiger partial charge >= 0.3 is 5.97 Å². The number of fused-ring (bicyclic) bond motifs is 5. The van der Waals surface area contributed by atoms with Crippen LogP contribution in [0.5, 0.6) is 0 Å². The van der Waals surface area contributed by atoms with Crippen LogP contribution in [0.1, 0.15) is 47.8 Å². The van der Waals surface area contributed by atoms with Crippen molar-refractivity contribution in [2.45, 2.75) is 31.2 Å². The monoisotopic (exact) mass is 382 g/mol. The first-order valence-corrected chi connectivity index (χ1v) is 9.94. The molecule has 2 aliphatic rings. The lowest BCUT2D eigenvalue weighted by molar-refractivity contribution is -0.172. The van der Waals surface area contributed by atoms with Crippen molar-refractivity contribution in [1.82, 2.24) is 0 Å². The first kappa shape index (κ1) is 17.9. The molecule has 2 bridgehead atoms. The lowest BCUT2D eigenvalue weighted by Crippen LogP contribution is -2.36. The molecule has 0 aromatic heterocycles. The summed E-state index contributed by atoms with van der Waals surface area (Å²) in [7, 11) is 0. The maximum absolute atomic E-state index is 12.1. The van der Waals surface area contributed by atoms with Gasteiger partial charge in [-0.25, -0.2) is 0 Å². The van der Waals surface area contributed by atoms with Crippen LogP contribution in [0.4, 0.5) is 0 Å². The second-order valence-corrected chi connectivity index (χ2v) is 7.63. The summed E-state index contributed by atoms with van der Waals surface area (Å²) in [4.78, 5) is 12.1. The first-order valence-electron chi connectivity index (χ1n) is 9.94. The van der Waals surface area contributed by atoms with Crippen LogP contribution >= 0.6 is 0 Å². The van der Waals surface area contributed by atoms with Gasteiger partial charge < -0.3 is 9.47 Å². The van der Waals surface area contributed by atoms with Gasteiger partial charge in [-0.05, 0) is 33.9 Å². The first-order chi connectivity index (χ1) is 14.2. The lowest BCUT2D eigenvalue weighted by atomic mass is 9.82. The smallest absolute Gasteiger partial charge is 0.303 e. The summed E-state index contributed by atoms with van der Waals surface area (Å²) in [5.41, 5.74) is 4.70. The second-order valence-electron chi connectivity index (χ2n) is 7.63. The Morgan fingerprint density at radius 2 is 1.62 bits per heavy atom. The van der Waals surface area contributed by atoms with Gasteiger partial charge in [0.25, 0.3) is 0 Å². The van der Waals surface area contributed by atoms with E-state index in [9.17, 15) is 4.79 Å². The van der Waals surface area contributed by atoms with Gasteiger partial charge in [-0.15, -0.1) is 0 Å². The summed E-state index contributed by atoms with van der Waals surface area (Å²) in [6, 6.07) is 28.5. The SMILES string of the molecule is CC(=O)OC(c1ccccc1)[C@]12C=C(c3ccccc3)C[C@H](O1)c1ccccc12. The predicted octanol–water partition coefficient (Wildman–Crippen LogP) is 5.74. The third kappa shape index (κ3) is 2.99. The van der Waals surface area contributed by atoms with Gasteiger partial charge in [-0.1, -0.05) is 84.9 Å². The topological polar surface area (TPSA) is 35.5 Å². The van der Waals surface area contributed by atoms with Gasteiger partial charge in [-0.3, -0.25) is 4.79 Å². The third-order valence-electron chi connectivity index (χ3n) is 5.78. The van der Waals surface area contributed by atoms with Crippen LogP contribution in [0.15, 0.2) is 91.0 Å². The maximum Gasteiger partial charge on any atom is 0.303 e. The number of ether oxygens (including phenoxy) is 2. The van der Waals surface area contributed by atoms with Crippen LogP contribution in [0.3, 0.4) is 0 Å². The van der Waals surface area contributed by atoms with Crippen molar-refractivity contribution >= 4 is 11.5 Å². The van der Waals surface area contributed by atoms with Crippen molar-refractivity contribution in [3.05, 3.63) is 113 Å². The molecule has 144 valence electrons. The minimum Gasteiger partial charge on any atom is -0.454 e. The molecular formula is C26H22O3. The molecule has 29 heavy (non-hydrogen) atoms. The Kier molecular flexibility index (Phi) is 4.33. The van der Waals surface area contributed by atoms with Crippen LogP contribution < -0.4 is 0 Å². The Bertz CT molecular complexity index is 1070. The number of rotatable bonds is 4. The fourth-order valence-electron chi connectivity index (χ4n) is 4.61. The van der Waals surface area contributed by atoms with Gasteiger partial charge in [-0.2, -0.15) is 0 Å². The molecule has 3 aromatic rings. The number of hydrogen-bond acceptors (Lipinski definition) is 3. The van der Waals surface area contributed by atoms with E-state index in [1.165, 1.54) is 23.6 Å². The average Bonchev–Trinajstić information content (AvgIpc) is 3.00. The summed E-state index contributed by atoms with van der Waals surface area (Å²) >= 11 is 0. The number of carbonyl (C=O) groups is 1. The number of carbonyl (C=O) groups excluding carboxylic acids is 1. The van der Waals surface area contributed by atoms with Crippen molar-refractivity contribution in [1.29, 1.82) is 0 Å². The molecule has 0 amide bonds. The fraction of sp³-hybridized carbons (Fsp3) is 0.192. The van der Waals surface area contributed by atoms with E-state index in [2.05, 4.69) is 30.3 Å². The minimum atomic E-state index is -0.849. The Labute approximate surface area is 170 Å². The van der Waals surface area contributed by atoms with E-state index >= 15 is 0 Å². The summed E-state index contributed by atoms with van der Waals surface area (Å²) in [5.74, 6) is -0.321. The number of hydrogen-bond donors (Lipinski definition) is 0. The van der Waals surface area contributed by atoms with Gasteiger partial charge in [0.15, 0.2) is 11.7 Å². The highest BCUT2D eigenvalue weighted by Gasteiger charge is 2.53. The molecule has 3 atom stereocenters. The minimum absolute atomic E-state index is 0.0619. The summed E-state index contributed by atoms with van der Waals surface area (Å²) in [6.07, 6.45) is 2.34. The zero-order valence-electron chi connectivity index (χ0n) is 16.2. The van der Waals surface area contributed by atoms with Crippen molar-refractivity contribution in [2.24, 2.45) is 0 Å². The van der Waals surface area contributed by atoms with Crippen LogP contribution in [0, 0.1) is 0 Å². The number of esters is 1. The zero-order chi connectivity index (χ0) is 19.8. The quantitative estimate of drug-likeness (QED) is 0.539. The standard InChI is InChI=1S/C26H22O3/c1-18(27)28-25(20-12-6-3-7-13-20)26-17-21(19-10-4-2-5-11-19)16-24(29-26)22-14-8-9-15-23(22)26/h2-15,17,24-25H,16H2,1H3/t24-,25?,26+/m0/s1. The summed E-state index contributed by atoms with van der Waals surface area (Å²) in [5, 5.41) is 0. The van der Waals surface area contributed by atoms with Gasteiger partial charge in [0.2, 0.25) is 0 Å². The van der Waals surface area contributed by atoms with Crippen molar-refractivity contribution < 1.29 is 14.3 Å². The van der Waals surface area contributed by atoms with E-state index in [0.29, 0.717) is 0 Å². The molecule has 0 saturated carbocycles. The average molecular weight is 382 g/mol. The Morgan fingerprint density at radius 1 is 0.966 bits per heavy atom. The van der Waals surface area contributed by atoms with Crippen LogP contribution in [-0.2, 0) is 19.9 Å². The highest BCUT2D eigenvalue weighted by Crippen LogP contribution is 2.58. The molecule has 3 nitrogen and oxygen atoms in total. The van der Waals surface area contributed by atoms with Crippen LogP contribution in [0.2, 0.25) is 0 Å². The molecule has 2 heterocycles. The lowest BCUT2D eigenvalue weighted by Gasteiger charge is -2.38. The zero-order valence-corrected chi connectivity index (χ0v) is 16.2. The molecule has 0 aliphatic carbocycles. The van der Waals surface area contributed by atoms with E-state index in [-0.39, 0.29) is 12.1 Å². The van der Waals surface area contributed by atoms with Gasteiger partial charge in [0.05, 0.1) is 6.10 Å². The molecular weight excluding hydrogens is 360 g/mol. The van der Waals surface area contributed by atoms with E-state index in [4.69, 9.17) is 9.47 Å². The van der Waals surface area contributed by atoms with Crippen molar-refractivity contribution in [2.75, 3.05) is 0 Å². The molecule has 0 radical (unpaired) electrons. The van der Waals surface area contributed by atoms with Crippen molar-refractivity contribution in [3.63, 3.8) is 0 Å². The van der Waals surface area contributed by atoms with Gasteiger partial charge in [0, 0.05) is 13.3 Å². The van der Waals surface area contributed by atoms with Crippen LogP contribution in [-0.4, -0.2) is 5.97 Å². The molecule has 0 saturated heterocycles. The van der Waals surface area contributed by atoms with E-state index in [1.807, 2.05) is 60.7 Å². The summed E-state index contributed by atoms with van der Waals surface area (Å²) < 4.78 is 12.6. The Hall–Kier alpha value is -3.17. The molecule has 1 unspecified atom stereocenters. The normalized spacial score (nSPS) is 23.1. The number of benzene rings is 3. The van der Waals surface area contributed by atoms with E-state index in [1.54, 1.807) is 0 Å². The second kappa shape index (κ2) is 7.02. The summed E-state index contributed by atoms with van der Waals surface area (Å²) in [6.45, 7) is 1.45. The molecule has 0 fully saturated rings. The maximum atomic E-state index is 12.1. The van der Waals surface area contributed by atoms with Gasteiger partial charge in [0.1, 0.15) is 0 Å². The molecule has 3 heteroatoms. The predicted molar refractivity (Wildman–Crippen MR) is 112 cm³/mol. The third-order valence-corrected chi connectivity index (χ3v) is 5.78. The molecule has 0 spiro atoms. The molecule has 3 aromatic carbocycles. The Balaban J connectivity index is 1.73. The van der Waals surface area contributed by atoms with Crippen LogP contribution in [0.25, 0.3) is 5.57 Å². The van der Waals surface area contributed by atoms with E-state index in [0.717, 1.165) is 17.5 Å². The fourth-order valence-corrected chi connectivity index (χ4v) is 4.61. The molecule has 5 rings (SSSR count). The molecule has 2 aliphatic heterocycles. The van der Waals surface area contributed by atoms with E-state index < -0.39 is 11.7 Å².